The second-order valence-corrected chi connectivity index (χ2v) is 7.02. The quantitative estimate of drug-likeness (QED) is 0.866. The highest BCUT2D eigenvalue weighted by Gasteiger charge is 2.62. The number of rotatable bonds is 3. The van der Waals surface area contributed by atoms with Gasteiger partial charge >= 0.3 is 5.97 Å². The lowest BCUT2D eigenvalue weighted by molar-refractivity contribution is -0.152. The Morgan fingerprint density at radius 2 is 2.00 bits per heavy atom. The first kappa shape index (κ1) is 16.1. The van der Waals surface area contributed by atoms with Crippen LogP contribution in [0, 0.1) is 0 Å². The molecule has 0 aromatic heterocycles. The van der Waals surface area contributed by atoms with Crippen LogP contribution in [0.2, 0.25) is 5.02 Å². The molecule has 1 saturated heterocycles. The van der Waals surface area contributed by atoms with E-state index >= 15 is 0 Å². The Kier molecular flexibility index (Phi) is 3.98. The molecule has 0 bridgehead atoms. The molecule has 0 aliphatic carbocycles. The van der Waals surface area contributed by atoms with Crippen molar-refractivity contribution in [3.63, 3.8) is 0 Å². The van der Waals surface area contributed by atoms with Crippen LogP contribution in [-0.4, -0.2) is 29.8 Å². The summed E-state index contributed by atoms with van der Waals surface area (Å²) in [6.45, 7) is 7.74. The van der Waals surface area contributed by atoms with Crippen molar-refractivity contribution in [1.82, 2.24) is 0 Å². The number of ether oxygens (including phenoxy) is 2. The zero-order valence-corrected chi connectivity index (χ0v) is 13.9. The van der Waals surface area contributed by atoms with E-state index in [-0.39, 0.29) is 5.97 Å². The van der Waals surface area contributed by atoms with Crippen molar-refractivity contribution in [2.75, 3.05) is 12.4 Å². The molecule has 0 spiro atoms. The van der Waals surface area contributed by atoms with E-state index in [0.29, 0.717) is 11.4 Å². The molecule has 4 nitrogen and oxygen atoms in total. The first-order chi connectivity index (χ1) is 9.62. The van der Waals surface area contributed by atoms with E-state index in [0.717, 1.165) is 5.69 Å². The molecule has 5 heteroatoms. The Morgan fingerprint density at radius 1 is 1.33 bits per heavy atom. The van der Waals surface area contributed by atoms with Gasteiger partial charge in [0, 0.05) is 17.1 Å². The smallest absolute Gasteiger partial charge is 0.334 e. The number of halogens is 1. The van der Waals surface area contributed by atoms with E-state index < -0.39 is 16.7 Å². The summed E-state index contributed by atoms with van der Waals surface area (Å²) in [6, 6.07) is 7.28. The molecule has 1 aliphatic rings. The summed E-state index contributed by atoms with van der Waals surface area (Å²) in [5.41, 5.74) is -1.34. The fourth-order valence-corrected chi connectivity index (χ4v) is 3.41. The van der Waals surface area contributed by atoms with E-state index in [4.69, 9.17) is 21.1 Å². The standard InChI is InChI=1S/C16H22ClNO3/c1-14(2)10-16(13(19)20-5,15(3,4)21-14)18-12-8-6-7-11(17)9-12/h6-9,18H,10H2,1-5H3. The first-order valence-electron chi connectivity index (χ1n) is 6.94. The van der Waals surface area contributed by atoms with E-state index in [1.54, 1.807) is 12.1 Å². The number of carbonyl (C=O) groups is 1. The minimum Gasteiger partial charge on any atom is -0.467 e. The molecular weight excluding hydrogens is 290 g/mol. The molecule has 1 N–H and O–H groups in total. The van der Waals surface area contributed by atoms with Gasteiger partial charge in [0.25, 0.3) is 0 Å². The Balaban J connectivity index is 2.46. The van der Waals surface area contributed by atoms with E-state index in [2.05, 4.69) is 5.32 Å². The zero-order valence-electron chi connectivity index (χ0n) is 13.1. The Labute approximate surface area is 130 Å². The maximum Gasteiger partial charge on any atom is 0.334 e. The number of nitrogens with one attached hydrogen (secondary N) is 1. The highest BCUT2D eigenvalue weighted by Crippen LogP contribution is 2.47. The average Bonchev–Trinajstić information content (AvgIpc) is 2.53. The maximum atomic E-state index is 12.5. The van der Waals surface area contributed by atoms with Gasteiger partial charge in [0.15, 0.2) is 5.54 Å². The van der Waals surface area contributed by atoms with Gasteiger partial charge in [-0.05, 0) is 45.9 Å². The van der Waals surface area contributed by atoms with Gasteiger partial charge in [-0.1, -0.05) is 17.7 Å². The van der Waals surface area contributed by atoms with Crippen molar-refractivity contribution in [3.8, 4) is 0 Å². The zero-order chi connectivity index (χ0) is 15.9. The molecule has 1 aromatic rings. The lowest BCUT2D eigenvalue weighted by atomic mass is 9.78. The topological polar surface area (TPSA) is 47.6 Å². The van der Waals surface area contributed by atoms with Crippen molar-refractivity contribution in [3.05, 3.63) is 29.3 Å². The number of esters is 1. The molecule has 2 rings (SSSR count). The van der Waals surface area contributed by atoms with E-state index in [1.165, 1.54) is 7.11 Å². The van der Waals surface area contributed by atoms with Crippen molar-refractivity contribution >= 4 is 23.3 Å². The average molecular weight is 312 g/mol. The molecule has 0 saturated carbocycles. The van der Waals surface area contributed by atoms with Gasteiger partial charge in [-0.3, -0.25) is 0 Å². The predicted molar refractivity (Wildman–Crippen MR) is 83.7 cm³/mol. The molecule has 1 aromatic carbocycles. The van der Waals surface area contributed by atoms with Crippen LogP contribution in [0.5, 0.6) is 0 Å². The van der Waals surface area contributed by atoms with Gasteiger partial charge in [-0.2, -0.15) is 0 Å². The van der Waals surface area contributed by atoms with E-state index in [1.807, 2.05) is 39.8 Å². The fourth-order valence-electron chi connectivity index (χ4n) is 3.22. The first-order valence-corrected chi connectivity index (χ1v) is 7.32. The van der Waals surface area contributed by atoms with Crippen LogP contribution in [0.15, 0.2) is 24.3 Å². The minimum atomic E-state index is -0.962. The van der Waals surface area contributed by atoms with Gasteiger partial charge in [0.05, 0.1) is 18.3 Å². The molecule has 1 atom stereocenters. The highest BCUT2D eigenvalue weighted by atomic mass is 35.5. The maximum absolute atomic E-state index is 12.5. The van der Waals surface area contributed by atoms with Crippen LogP contribution in [0.1, 0.15) is 34.1 Å². The number of benzene rings is 1. The third kappa shape index (κ3) is 2.87. The fraction of sp³-hybridized carbons (Fsp3) is 0.562. The number of methoxy groups -OCH3 is 1. The number of hydrogen-bond acceptors (Lipinski definition) is 4. The predicted octanol–water partition coefficient (Wildman–Crippen LogP) is 3.64. The molecule has 21 heavy (non-hydrogen) atoms. The Bertz CT molecular complexity index is 556. The molecule has 0 amide bonds. The lowest BCUT2D eigenvalue weighted by Gasteiger charge is -2.38. The van der Waals surface area contributed by atoms with Crippen molar-refractivity contribution < 1.29 is 14.3 Å². The van der Waals surface area contributed by atoms with Gasteiger partial charge < -0.3 is 14.8 Å². The Morgan fingerprint density at radius 3 is 2.48 bits per heavy atom. The van der Waals surface area contributed by atoms with Gasteiger partial charge in [-0.15, -0.1) is 0 Å². The Hall–Kier alpha value is -1.26. The lowest BCUT2D eigenvalue weighted by Crippen LogP contribution is -2.59. The van der Waals surface area contributed by atoms with Crippen LogP contribution >= 0.6 is 11.6 Å². The molecule has 1 fully saturated rings. The molecule has 1 heterocycles. The summed E-state index contributed by atoms with van der Waals surface area (Å²) in [5, 5.41) is 3.92. The van der Waals surface area contributed by atoms with Crippen LogP contribution in [0.3, 0.4) is 0 Å². The number of carbonyl (C=O) groups excluding carboxylic acids is 1. The summed E-state index contributed by atoms with van der Waals surface area (Å²) in [4.78, 5) is 12.5. The summed E-state index contributed by atoms with van der Waals surface area (Å²) < 4.78 is 11.1. The third-order valence-electron chi connectivity index (χ3n) is 3.97. The summed E-state index contributed by atoms with van der Waals surface area (Å²) in [5.74, 6) is -0.335. The highest BCUT2D eigenvalue weighted by molar-refractivity contribution is 6.30. The molecule has 0 radical (unpaired) electrons. The molecule has 116 valence electrons. The van der Waals surface area contributed by atoms with Crippen LogP contribution in [-0.2, 0) is 14.3 Å². The summed E-state index contributed by atoms with van der Waals surface area (Å²) in [7, 11) is 1.39. The largest absolute Gasteiger partial charge is 0.467 e. The van der Waals surface area contributed by atoms with Gasteiger partial charge in [0.2, 0.25) is 0 Å². The second kappa shape index (κ2) is 5.18. The molecular formula is C16H22ClNO3. The van der Waals surface area contributed by atoms with Gasteiger partial charge in [-0.25, -0.2) is 4.79 Å². The third-order valence-corrected chi connectivity index (χ3v) is 4.20. The normalized spacial score (nSPS) is 26.4. The monoisotopic (exact) mass is 311 g/mol. The number of anilines is 1. The minimum absolute atomic E-state index is 0.335. The van der Waals surface area contributed by atoms with Crippen LogP contribution in [0.25, 0.3) is 0 Å². The SMILES string of the molecule is COC(=O)C1(Nc2cccc(Cl)c2)CC(C)(C)OC1(C)C. The van der Waals surface area contributed by atoms with Crippen molar-refractivity contribution in [1.29, 1.82) is 0 Å². The van der Waals surface area contributed by atoms with Gasteiger partial charge in [0.1, 0.15) is 0 Å². The molecule has 1 aliphatic heterocycles. The van der Waals surface area contributed by atoms with Crippen LogP contribution < -0.4 is 5.32 Å². The van der Waals surface area contributed by atoms with Crippen molar-refractivity contribution in [2.45, 2.75) is 50.9 Å². The summed E-state index contributed by atoms with van der Waals surface area (Å²) in [6.07, 6.45) is 0.506. The van der Waals surface area contributed by atoms with Crippen molar-refractivity contribution in [2.24, 2.45) is 0 Å². The van der Waals surface area contributed by atoms with E-state index in [9.17, 15) is 4.79 Å². The van der Waals surface area contributed by atoms with Crippen LogP contribution in [0.4, 0.5) is 5.69 Å². The number of hydrogen-bond donors (Lipinski definition) is 1. The summed E-state index contributed by atoms with van der Waals surface area (Å²) >= 11 is 6.03. The molecule has 1 unspecified atom stereocenters. The second-order valence-electron chi connectivity index (χ2n) is 6.58.